The average molecular weight is 304 g/mol. The summed E-state index contributed by atoms with van der Waals surface area (Å²) < 4.78 is 31.6. The molecule has 0 saturated carbocycles. The van der Waals surface area contributed by atoms with E-state index < -0.39 is 10.4 Å². The Morgan fingerprint density at radius 3 is 0.714 bits per heavy atom. The van der Waals surface area contributed by atoms with E-state index in [9.17, 15) is 0 Å². The first-order valence-corrected chi connectivity index (χ1v) is 2.10. The van der Waals surface area contributed by atoms with E-state index in [1.807, 2.05) is 0 Å². The molecule has 0 spiro atoms. The second-order valence-electron chi connectivity index (χ2n) is 0.448. The minimum Gasteiger partial charge on any atom is -1.00 e. The monoisotopic (exact) mass is 304 g/mol. The zero-order valence-corrected chi connectivity index (χ0v) is 10.9. The average Bonchev–Trinajstić information content (AvgIpc) is 0.722. The van der Waals surface area contributed by atoms with Gasteiger partial charge in [-0.3, -0.25) is 9.11 Å². The van der Waals surface area contributed by atoms with Gasteiger partial charge in [-0.15, -0.1) is 0 Å². The Kier molecular flexibility index (Phi) is 395. The first-order valence-electron chi connectivity index (χ1n) is 0.698. The molecule has 0 aromatic carbocycles. The van der Waals surface area contributed by atoms with E-state index in [-0.39, 0.29) is 86.4 Å². The number of rotatable bonds is 0. The van der Waals surface area contributed by atoms with Crippen molar-refractivity contribution in [1.29, 1.82) is 0 Å². The van der Waals surface area contributed by atoms with Gasteiger partial charge in [0.25, 0.3) is 0 Å². The summed E-state index contributed by atoms with van der Waals surface area (Å²) in [6.07, 6.45) is 0. The van der Waals surface area contributed by atoms with Crippen LogP contribution in [-0.4, -0.2) is 55.9 Å². The van der Waals surface area contributed by atoms with Gasteiger partial charge in [0.05, 0.1) is 0 Å². The summed E-state index contributed by atoms with van der Waals surface area (Å²) in [6, 6.07) is 0. The van der Waals surface area contributed by atoms with Gasteiger partial charge < -0.3 is 39.8 Å². The summed E-state index contributed by atoms with van der Waals surface area (Å²) in [5.74, 6) is 0. The molecule has 0 radical (unpaired) electrons. The molecule has 11 nitrogen and oxygen atoms in total. The van der Waals surface area contributed by atoms with E-state index >= 15 is 0 Å². The zero-order valence-electron chi connectivity index (χ0n) is 7.97. The van der Waals surface area contributed by atoms with Gasteiger partial charge in [0.15, 0.2) is 0 Å². The quantitative estimate of drug-likeness (QED) is 0.325. The molecule has 0 aromatic heterocycles. The third-order valence-corrected chi connectivity index (χ3v) is 0. The Hall–Kier alpha value is 1.11. The van der Waals surface area contributed by atoms with Crippen molar-refractivity contribution in [3.63, 3.8) is 0 Å². The molecule has 0 amide bonds. The molecule has 0 unspecified atom stereocenters. The largest absolute Gasteiger partial charge is 1.00 e. The summed E-state index contributed by atoms with van der Waals surface area (Å²) in [5, 5.41) is 0. The maximum absolute atomic E-state index is 8.74. The number of hydrogen-bond acceptors (Lipinski definition) is 2. The van der Waals surface area contributed by atoms with E-state index in [2.05, 4.69) is 0 Å². The molecule has 0 aliphatic rings. The van der Waals surface area contributed by atoms with Crippen LogP contribution >= 0.6 is 0 Å². The van der Waals surface area contributed by atoms with Crippen LogP contribution in [0.3, 0.4) is 0 Å². The molecule has 0 aliphatic carbocycles. The molecule has 0 fully saturated rings. The molecule has 0 heterocycles. The fourth-order valence-corrected chi connectivity index (χ4v) is 0. The first-order chi connectivity index (χ1) is 2.00. The molecule has 14 heteroatoms. The van der Waals surface area contributed by atoms with Crippen LogP contribution in [0.15, 0.2) is 0 Å². The van der Waals surface area contributed by atoms with Crippen LogP contribution in [0.25, 0.3) is 0 Å². The maximum atomic E-state index is 8.74. The Bertz CT molecular complexity index is 104. The molecular weight excluding hydrogens is 287 g/mol. The number of hydrogen-bond donors (Lipinski definition) is 2. The molecule has 0 rings (SSSR count). The van der Waals surface area contributed by atoms with Crippen LogP contribution in [0.4, 0.5) is 0 Å². The predicted molar refractivity (Wildman–Crippen MR) is 40.6 cm³/mol. The van der Waals surface area contributed by atoms with E-state index in [0.29, 0.717) is 0 Å². The van der Waals surface area contributed by atoms with Gasteiger partial charge in [0.1, 0.15) is 0 Å². The third-order valence-electron chi connectivity index (χ3n) is 0. The van der Waals surface area contributed by atoms with Crippen LogP contribution in [0, 0.1) is 0 Å². The van der Waals surface area contributed by atoms with Crippen molar-refractivity contribution in [3.8, 4) is 0 Å². The van der Waals surface area contributed by atoms with Crippen LogP contribution in [0.1, 0.15) is 1.43 Å². The Morgan fingerprint density at radius 1 is 0.714 bits per heavy atom. The fourth-order valence-electron chi connectivity index (χ4n) is 0. The molecule has 16 N–H and O–H groups in total. The fraction of sp³-hybridized carbons (Fsp3) is 0. The zero-order chi connectivity index (χ0) is 4.50. The topological polar surface area (TPSA) is 295 Å². The van der Waals surface area contributed by atoms with E-state index in [4.69, 9.17) is 17.5 Å². The van der Waals surface area contributed by atoms with Gasteiger partial charge >= 0.3 is 40.0 Å². The molecular formula is H17FeNaO11S. The van der Waals surface area contributed by atoms with E-state index in [1.54, 1.807) is 0 Å². The van der Waals surface area contributed by atoms with Crippen LogP contribution in [0.5, 0.6) is 0 Å². The second-order valence-corrected chi connectivity index (χ2v) is 1.34. The van der Waals surface area contributed by atoms with Crippen molar-refractivity contribution < 1.29 is 104 Å². The molecule has 14 heavy (non-hydrogen) atoms. The van der Waals surface area contributed by atoms with Crippen LogP contribution < -0.4 is 29.6 Å². The van der Waals surface area contributed by atoms with Gasteiger partial charge in [-0.05, 0) is 0 Å². The van der Waals surface area contributed by atoms with E-state index in [0.717, 1.165) is 0 Å². The van der Waals surface area contributed by atoms with E-state index in [1.165, 1.54) is 0 Å². The summed E-state index contributed by atoms with van der Waals surface area (Å²) >= 11 is 0. The van der Waals surface area contributed by atoms with Gasteiger partial charge in [-0.1, -0.05) is 0 Å². The SMILES string of the molecule is O.O.O.O.O.O.O.O=S(=O)(O)O.[Fe].[H-].[Na+]. The summed E-state index contributed by atoms with van der Waals surface area (Å²) in [5.41, 5.74) is 0. The van der Waals surface area contributed by atoms with Gasteiger partial charge in [-0.2, -0.15) is 8.42 Å². The van der Waals surface area contributed by atoms with Crippen LogP contribution in [-0.2, 0) is 27.5 Å². The Balaban J connectivity index is -0.00000000178. The molecule has 0 bridgehead atoms. The summed E-state index contributed by atoms with van der Waals surface area (Å²) in [7, 11) is -4.67. The standard InChI is InChI=1S/Fe.Na.H2O4S.7H2O.H/c;;1-5(2,3)4;;;;;;;;/h;;(H2,1,2,3,4);7*1H2;/q;+1;;;;;;;;;-1. The van der Waals surface area contributed by atoms with Crippen molar-refractivity contribution in [3.05, 3.63) is 0 Å². The van der Waals surface area contributed by atoms with Crippen molar-refractivity contribution >= 4 is 10.4 Å². The molecule has 98 valence electrons. The predicted octanol–water partition coefficient (Wildman–Crippen LogP) is -9.31. The summed E-state index contributed by atoms with van der Waals surface area (Å²) in [6.45, 7) is 0. The Labute approximate surface area is 114 Å². The molecule has 0 atom stereocenters. The smallest absolute Gasteiger partial charge is 1.00 e. The second kappa shape index (κ2) is 48.0. The van der Waals surface area contributed by atoms with Gasteiger partial charge in [-0.25, -0.2) is 0 Å². The normalized spacial score (nSPS) is 4.14. The Morgan fingerprint density at radius 2 is 0.714 bits per heavy atom. The minimum absolute atomic E-state index is 0. The minimum atomic E-state index is -4.67. The molecule has 0 aliphatic heterocycles. The first kappa shape index (κ1) is 115. The molecule has 0 aromatic rings. The van der Waals surface area contributed by atoms with Crippen molar-refractivity contribution in [2.75, 3.05) is 0 Å². The summed E-state index contributed by atoms with van der Waals surface area (Å²) in [4.78, 5) is 0. The van der Waals surface area contributed by atoms with Gasteiger partial charge in [0, 0.05) is 17.1 Å². The van der Waals surface area contributed by atoms with Crippen molar-refractivity contribution in [2.45, 2.75) is 0 Å². The van der Waals surface area contributed by atoms with Crippen molar-refractivity contribution in [2.24, 2.45) is 0 Å². The maximum Gasteiger partial charge on any atom is 1.00 e. The van der Waals surface area contributed by atoms with Crippen LogP contribution in [0.2, 0.25) is 0 Å². The third kappa shape index (κ3) is 1560. The van der Waals surface area contributed by atoms with Crippen molar-refractivity contribution in [1.82, 2.24) is 0 Å². The van der Waals surface area contributed by atoms with Gasteiger partial charge in [0.2, 0.25) is 0 Å². The molecule has 0 saturated heterocycles.